The second kappa shape index (κ2) is 10.4. The molecule has 0 radical (unpaired) electrons. The second-order valence-corrected chi connectivity index (χ2v) is 9.27. The predicted octanol–water partition coefficient (Wildman–Crippen LogP) is 8.69. The van der Waals surface area contributed by atoms with Gasteiger partial charge in [0.1, 0.15) is 0 Å². The van der Waals surface area contributed by atoms with E-state index in [1.165, 1.54) is 77.0 Å². The van der Waals surface area contributed by atoms with Gasteiger partial charge in [-0.1, -0.05) is 78.1 Å². The Morgan fingerprint density at radius 3 is 2.12 bits per heavy atom. The molecule has 0 aromatic rings. The fourth-order valence-corrected chi connectivity index (χ4v) is 6.39. The number of hydrogen-bond donors (Lipinski definition) is 0. The highest BCUT2D eigenvalue weighted by Gasteiger charge is 2.45. The first-order chi connectivity index (χ1) is 12.4. The van der Waals surface area contributed by atoms with Gasteiger partial charge in [0.2, 0.25) is 0 Å². The van der Waals surface area contributed by atoms with Crippen LogP contribution in [0.25, 0.3) is 0 Å². The molecule has 154 valence electrons. The van der Waals surface area contributed by atoms with Crippen LogP contribution in [0.4, 0.5) is 13.2 Å². The van der Waals surface area contributed by atoms with Crippen molar-refractivity contribution in [3.05, 3.63) is 0 Å². The smallest absolute Gasteiger partial charge is 0.171 e. The quantitative estimate of drug-likeness (QED) is 0.354. The molecule has 1 atom stereocenters. The zero-order chi connectivity index (χ0) is 19.0. The first-order valence-corrected chi connectivity index (χ1v) is 11.5. The third-order valence-corrected chi connectivity index (χ3v) is 7.71. The van der Waals surface area contributed by atoms with E-state index in [4.69, 9.17) is 0 Å². The van der Waals surface area contributed by atoms with E-state index in [9.17, 15) is 13.2 Å². The van der Waals surface area contributed by atoms with Gasteiger partial charge in [0.05, 0.1) is 0 Å². The van der Waals surface area contributed by atoms with Gasteiger partial charge < -0.3 is 0 Å². The van der Waals surface area contributed by atoms with Gasteiger partial charge in [-0.2, -0.15) is 13.2 Å². The van der Waals surface area contributed by atoms with Gasteiger partial charge >= 0.3 is 6.18 Å². The second-order valence-electron chi connectivity index (χ2n) is 9.27. The highest BCUT2D eigenvalue weighted by Crippen LogP contribution is 2.55. The summed E-state index contributed by atoms with van der Waals surface area (Å²) in [6.45, 7) is 4.72. The molecule has 2 saturated carbocycles. The van der Waals surface area contributed by atoms with Gasteiger partial charge in [-0.05, 0) is 55.3 Å². The van der Waals surface area contributed by atoms with Crippen LogP contribution in [-0.4, -0.2) is 6.18 Å². The van der Waals surface area contributed by atoms with Crippen molar-refractivity contribution in [1.29, 1.82) is 0 Å². The molecule has 0 aliphatic heterocycles. The Morgan fingerprint density at radius 1 is 0.923 bits per heavy atom. The van der Waals surface area contributed by atoms with Crippen molar-refractivity contribution in [2.24, 2.45) is 23.2 Å². The van der Waals surface area contributed by atoms with E-state index >= 15 is 0 Å². The van der Waals surface area contributed by atoms with Gasteiger partial charge in [0.15, 0.2) is 0 Å². The van der Waals surface area contributed by atoms with E-state index in [1.54, 1.807) is 0 Å². The molecule has 0 amide bonds. The number of rotatable bonds is 9. The molecular formula is C23H41F3. The third kappa shape index (κ3) is 6.16. The molecule has 0 aromatic heterocycles. The van der Waals surface area contributed by atoms with Crippen molar-refractivity contribution >= 4 is 0 Å². The minimum absolute atomic E-state index is 0.321. The van der Waals surface area contributed by atoms with Crippen LogP contribution in [0, 0.1) is 23.2 Å². The highest BCUT2D eigenvalue weighted by atomic mass is 19.4. The van der Waals surface area contributed by atoms with Crippen LogP contribution < -0.4 is 0 Å². The van der Waals surface area contributed by atoms with Crippen LogP contribution in [0.1, 0.15) is 117 Å². The number of alkyl halides is 3. The fourth-order valence-electron chi connectivity index (χ4n) is 6.39. The Morgan fingerprint density at radius 2 is 1.58 bits per heavy atom. The summed E-state index contributed by atoms with van der Waals surface area (Å²) in [4.78, 5) is 0. The molecule has 0 aromatic carbocycles. The summed E-state index contributed by atoms with van der Waals surface area (Å²) < 4.78 is 36.9. The lowest BCUT2D eigenvalue weighted by atomic mass is 9.54. The molecule has 0 nitrogen and oxygen atoms in total. The average Bonchev–Trinajstić information content (AvgIpc) is 2.63. The SMILES string of the molecule is CCCC(CC)C1(C2CCC(CCCCC(F)(F)F)CC2)CCCCC1. The average molecular weight is 375 g/mol. The van der Waals surface area contributed by atoms with Crippen molar-refractivity contribution in [1.82, 2.24) is 0 Å². The highest BCUT2D eigenvalue weighted by molar-refractivity contribution is 4.95. The molecule has 0 bridgehead atoms. The summed E-state index contributed by atoms with van der Waals surface area (Å²) in [5.74, 6) is 2.46. The number of unbranched alkanes of at least 4 members (excludes halogenated alkanes) is 1. The predicted molar refractivity (Wildman–Crippen MR) is 104 cm³/mol. The summed E-state index contributed by atoms with van der Waals surface area (Å²) in [5, 5.41) is 0. The molecule has 2 aliphatic rings. The summed E-state index contributed by atoms with van der Waals surface area (Å²) in [6.07, 6.45) is 13.9. The lowest BCUT2D eigenvalue weighted by Gasteiger charge is -2.51. The van der Waals surface area contributed by atoms with Gasteiger partial charge in [0.25, 0.3) is 0 Å². The molecule has 3 heteroatoms. The first-order valence-electron chi connectivity index (χ1n) is 11.5. The Labute approximate surface area is 159 Å². The third-order valence-electron chi connectivity index (χ3n) is 7.71. The van der Waals surface area contributed by atoms with Crippen molar-refractivity contribution in [3.8, 4) is 0 Å². The van der Waals surface area contributed by atoms with Crippen molar-refractivity contribution < 1.29 is 13.2 Å². The minimum atomic E-state index is -3.97. The molecule has 0 saturated heterocycles. The largest absolute Gasteiger partial charge is 0.389 e. The van der Waals surface area contributed by atoms with E-state index in [0.29, 0.717) is 17.8 Å². The van der Waals surface area contributed by atoms with Crippen LogP contribution in [-0.2, 0) is 0 Å². The summed E-state index contributed by atoms with van der Waals surface area (Å²) >= 11 is 0. The zero-order valence-electron chi connectivity index (χ0n) is 17.2. The van der Waals surface area contributed by atoms with Crippen LogP contribution in [0.15, 0.2) is 0 Å². The summed E-state index contributed by atoms with van der Waals surface area (Å²) in [7, 11) is 0. The van der Waals surface area contributed by atoms with E-state index in [-0.39, 0.29) is 0 Å². The molecule has 1 unspecified atom stereocenters. The molecule has 0 spiro atoms. The summed E-state index contributed by atoms with van der Waals surface area (Å²) in [5.41, 5.74) is 0.588. The van der Waals surface area contributed by atoms with E-state index in [2.05, 4.69) is 13.8 Å². The van der Waals surface area contributed by atoms with Crippen LogP contribution >= 0.6 is 0 Å². The lowest BCUT2D eigenvalue weighted by molar-refractivity contribution is -0.135. The van der Waals surface area contributed by atoms with Gasteiger partial charge in [-0.25, -0.2) is 0 Å². The molecular weight excluding hydrogens is 333 g/mol. The van der Waals surface area contributed by atoms with Crippen LogP contribution in [0.3, 0.4) is 0 Å². The molecule has 0 heterocycles. The Hall–Kier alpha value is -0.210. The first kappa shape index (κ1) is 22.1. The van der Waals surface area contributed by atoms with E-state index < -0.39 is 12.6 Å². The maximum Gasteiger partial charge on any atom is 0.389 e. The maximum absolute atomic E-state index is 12.3. The topological polar surface area (TPSA) is 0 Å². The zero-order valence-corrected chi connectivity index (χ0v) is 17.2. The maximum atomic E-state index is 12.3. The number of hydrogen-bond acceptors (Lipinski definition) is 0. The fraction of sp³-hybridized carbons (Fsp3) is 1.00. The monoisotopic (exact) mass is 374 g/mol. The minimum Gasteiger partial charge on any atom is -0.171 e. The van der Waals surface area contributed by atoms with Crippen molar-refractivity contribution in [3.63, 3.8) is 0 Å². The van der Waals surface area contributed by atoms with Crippen LogP contribution in [0.2, 0.25) is 0 Å². The van der Waals surface area contributed by atoms with E-state index in [1.807, 2.05) is 0 Å². The van der Waals surface area contributed by atoms with Gasteiger partial charge in [-0.3, -0.25) is 0 Å². The Bertz CT molecular complexity index is 373. The van der Waals surface area contributed by atoms with Gasteiger partial charge in [0, 0.05) is 6.42 Å². The molecule has 2 fully saturated rings. The standard InChI is InChI=1S/C23H41F3/c1-3-10-20(4-2)22(16-7-5-8-17-22)21-14-12-19(13-15-21)11-6-9-18-23(24,25)26/h19-21H,3-18H2,1-2H3. The lowest BCUT2D eigenvalue weighted by Crippen LogP contribution is -2.41. The number of halogens is 3. The molecule has 2 aliphatic carbocycles. The Balaban J connectivity index is 1.85. The normalized spacial score (nSPS) is 28.0. The van der Waals surface area contributed by atoms with E-state index in [0.717, 1.165) is 24.7 Å². The van der Waals surface area contributed by atoms with Crippen LogP contribution in [0.5, 0.6) is 0 Å². The van der Waals surface area contributed by atoms with Crippen molar-refractivity contribution in [2.75, 3.05) is 0 Å². The summed E-state index contributed by atoms with van der Waals surface area (Å²) in [6, 6.07) is 0. The molecule has 0 N–H and O–H groups in total. The van der Waals surface area contributed by atoms with Crippen molar-refractivity contribution in [2.45, 2.75) is 123 Å². The Kier molecular flexibility index (Phi) is 8.80. The molecule has 2 rings (SSSR count). The van der Waals surface area contributed by atoms with Gasteiger partial charge in [-0.15, -0.1) is 0 Å². The molecule has 26 heavy (non-hydrogen) atoms.